The molecule has 90 valence electrons. The van der Waals surface area contributed by atoms with E-state index >= 15 is 0 Å². The zero-order chi connectivity index (χ0) is 11.1. The van der Waals surface area contributed by atoms with Crippen molar-refractivity contribution in [2.75, 3.05) is 19.8 Å². The normalized spacial score (nSPS) is 20.8. The van der Waals surface area contributed by atoms with Crippen molar-refractivity contribution in [2.24, 2.45) is 5.92 Å². The molecule has 1 saturated heterocycles. The van der Waals surface area contributed by atoms with Crippen molar-refractivity contribution in [1.29, 1.82) is 0 Å². The molecule has 0 aliphatic carbocycles. The van der Waals surface area contributed by atoms with Gasteiger partial charge in [0, 0.05) is 26.1 Å². The molecular formula is C11H23NO3. The van der Waals surface area contributed by atoms with Crippen LogP contribution in [0.5, 0.6) is 0 Å². The van der Waals surface area contributed by atoms with Crippen LogP contribution in [0.15, 0.2) is 0 Å². The third-order valence-electron chi connectivity index (χ3n) is 3.00. The van der Waals surface area contributed by atoms with Gasteiger partial charge in [-0.15, -0.1) is 0 Å². The van der Waals surface area contributed by atoms with E-state index in [0.29, 0.717) is 12.5 Å². The van der Waals surface area contributed by atoms with Crippen LogP contribution in [-0.4, -0.2) is 25.4 Å². The second-order valence-electron chi connectivity index (χ2n) is 4.37. The first-order chi connectivity index (χ1) is 7.21. The number of ether oxygens (including phenoxy) is 1. The van der Waals surface area contributed by atoms with E-state index in [1.54, 1.807) is 0 Å². The molecule has 1 heterocycles. The topological polar surface area (TPSA) is 39.7 Å². The van der Waals surface area contributed by atoms with Crippen molar-refractivity contribution in [1.82, 2.24) is 5.64 Å². The molecule has 0 bridgehead atoms. The Morgan fingerprint density at radius 3 is 2.53 bits per heavy atom. The smallest absolute Gasteiger partial charge is 0.0990 e. The molecule has 1 fully saturated rings. The summed E-state index contributed by atoms with van der Waals surface area (Å²) in [5, 5.41) is 0. The van der Waals surface area contributed by atoms with Gasteiger partial charge in [0.15, 0.2) is 0 Å². The van der Waals surface area contributed by atoms with Gasteiger partial charge < -0.3 is 4.74 Å². The highest BCUT2D eigenvalue weighted by Gasteiger charge is 2.37. The standard InChI is InChI=1S/C11H23NO3/c1-4-7-14-12-15-11(10(2)3)5-8-13-9-6-11/h10,12H,4-9H2,1-3H3. The van der Waals surface area contributed by atoms with Gasteiger partial charge in [-0.3, -0.25) is 9.68 Å². The van der Waals surface area contributed by atoms with Gasteiger partial charge in [0.1, 0.15) is 0 Å². The number of rotatable bonds is 6. The van der Waals surface area contributed by atoms with Crippen molar-refractivity contribution in [2.45, 2.75) is 45.6 Å². The van der Waals surface area contributed by atoms with Crippen LogP contribution in [0.3, 0.4) is 0 Å². The minimum atomic E-state index is -0.133. The van der Waals surface area contributed by atoms with Crippen molar-refractivity contribution < 1.29 is 14.4 Å². The molecule has 0 aromatic rings. The minimum Gasteiger partial charge on any atom is -0.381 e. The first kappa shape index (κ1) is 12.9. The van der Waals surface area contributed by atoms with Crippen LogP contribution in [-0.2, 0) is 14.4 Å². The molecule has 1 N–H and O–H groups in total. The van der Waals surface area contributed by atoms with E-state index in [4.69, 9.17) is 14.4 Å². The lowest BCUT2D eigenvalue weighted by Gasteiger charge is -2.39. The van der Waals surface area contributed by atoms with Crippen LogP contribution >= 0.6 is 0 Å². The van der Waals surface area contributed by atoms with Gasteiger partial charge in [-0.05, 0) is 12.3 Å². The third kappa shape index (κ3) is 3.72. The molecule has 0 amide bonds. The Balaban J connectivity index is 2.35. The molecule has 1 rings (SSSR count). The summed E-state index contributed by atoms with van der Waals surface area (Å²) in [6.45, 7) is 8.62. The summed E-state index contributed by atoms with van der Waals surface area (Å²) >= 11 is 0. The maximum atomic E-state index is 5.68. The largest absolute Gasteiger partial charge is 0.381 e. The second kappa shape index (κ2) is 6.43. The SMILES string of the molecule is CCCONOC1(C(C)C)CCOCC1. The molecule has 0 aromatic carbocycles. The van der Waals surface area contributed by atoms with Crippen LogP contribution in [0, 0.1) is 5.92 Å². The molecule has 15 heavy (non-hydrogen) atoms. The highest BCUT2D eigenvalue weighted by molar-refractivity contribution is 4.85. The predicted molar refractivity (Wildman–Crippen MR) is 58.1 cm³/mol. The predicted octanol–water partition coefficient (Wildman–Crippen LogP) is 2.05. The van der Waals surface area contributed by atoms with Gasteiger partial charge in [0.25, 0.3) is 0 Å². The average Bonchev–Trinajstić information content (AvgIpc) is 2.26. The monoisotopic (exact) mass is 217 g/mol. The van der Waals surface area contributed by atoms with Crippen LogP contribution in [0.2, 0.25) is 0 Å². The van der Waals surface area contributed by atoms with Gasteiger partial charge in [0.05, 0.1) is 12.2 Å². The van der Waals surface area contributed by atoms with Gasteiger partial charge >= 0.3 is 0 Å². The fourth-order valence-electron chi connectivity index (χ4n) is 1.77. The van der Waals surface area contributed by atoms with Gasteiger partial charge in [0.2, 0.25) is 0 Å². The lowest BCUT2D eigenvalue weighted by atomic mass is 9.83. The zero-order valence-corrected chi connectivity index (χ0v) is 10.0. The van der Waals surface area contributed by atoms with E-state index in [2.05, 4.69) is 26.4 Å². The zero-order valence-electron chi connectivity index (χ0n) is 10.0. The molecular weight excluding hydrogens is 194 g/mol. The molecule has 4 nitrogen and oxygen atoms in total. The first-order valence-electron chi connectivity index (χ1n) is 5.84. The molecule has 0 spiro atoms. The van der Waals surface area contributed by atoms with Crippen molar-refractivity contribution in [3.05, 3.63) is 0 Å². The number of hydrogen-bond donors (Lipinski definition) is 1. The van der Waals surface area contributed by atoms with E-state index in [0.717, 1.165) is 32.5 Å². The van der Waals surface area contributed by atoms with E-state index < -0.39 is 0 Å². The third-order valence-corrected chi connectivity index (χ3v) is 3.00. The molecule has 1 aliphatic heterocycles. The molecule has 0 aromatic heterocycles. The summed E-state index contributed by atoms with van der Waals surface area (Å²) in [6, 6.07) is 0. The minimum absolute atomic E-state index is 0.133. The highest BCUT2D eigenvalue weighted by atomic mass is 16.9. The summed E-state index contributed by atoms with van der Waals surface area (Å²) in [7, 11) is 0. The van der Waals surface area contributed by atoms with Crippen LogP contribution in [0.4, 0.5) is 0 Å². The second-order valence-corrected chi connectivity index (χ2v) is 4.37. The first-order valence-corrected chi connectivity index (χ1v) is 5.84. The Labute approximate surface area is 92.2 Å². The van der Waals surface area contributed by atoms with Gasteiger partial charge in [-0.25, -0.2) is 0 Å². The van der Waals surface area contributed by atoms with Gasteiger partial charge in [-0.1, -0.05) is 26.4 Å². The fraction of sp³-hybridized carbons (Fsp3) is 1.00. The van der Waals surface area contributed by atoms with E-state index in [1.807, 2.05) is 0 Å². The molecule has 4 heteroatoms. The summed E-state index contributed by atoms with van der Waals surface area (Å²) in [4.78, 5) is 10.8. The van der Waals surface area contributed by atoms with E-state index in [1.165, 1.54) is 0 Å². The highest BCUT2D eigenvalue weighted by Crippen LogP contribution is 2.31. The molecule has 0 radical (unpaired) electrons. The Kier molecular flexibility index (Phi) is 5.53. The summed E-state index contributed by atoms with van der Waals surface area (Å²) in [5.41, 5.74) is 2.49. The van der Waals surface area contributed by atoms with Crippen molar-refractivity contribution in [3.8, 4) is 0 Å². The Morgan fingerprint density at radius 1 is 1.33 bits per heavy atom. The van der Waals surface area contributed by atoms with Crippen molar-refractivity contribution in [3.63, 3.8) is 0 Å². The number of nitrogens with one attached hydrogen (secondary N) is 1. The molecule has 0 atom stereocenters. The lowest BCUT2D eigenvalue weighted by molar-refractivity contribution is -0.267. The van der Waals surface area contributed by atoms with Crippen LogP contribution in [0.1, 0.15) is 40.0 Å². The van der Waals surface area contributed by atoms with Gasteiger partial charge in [-0.2, -0.15) is 0 Å². The summed E-state index contributed by atoms with van der Waals surface area (Å²) in [6.07, 6.45) is 2.83. The lowest BCUT2D eigenvalue weighted by Crippen LogP contribution is -2.47. The quantitative estimate of drug-likeness (QED) is 0.546. The Bertz CT molecular complexity index is 167. The summed E-state index contributed by atoms with van der Waals surface area (Å²) in [5.74, 6) is 0.458. The number of hydrogen-bond acceptors (Lipinski definition) is 4. The molecule has 0 saturated carbocycles. The maximum absolute atomic E-state index is 5.68. The Morgan fingerprint density at radius 2 is 2.00 bits per heavy atom. The van der Waals surface area contributed by atoms with Crippen LogP contribution in [0.25, 0.3) is 0 Å². The van der Waals surface area contributed by atoms with E-state index in [-0.39, 0.29) is 5.60 Å². The summed E-state index contributed by atoms with van der Waals surface area (Å²) < 4.78 is 5.35. The van der Waals surface area contributed by atoms with E-state index in [9.17, 15) is 0 Å². The van der Waals surface area contributed by atoms with Crippen LogP contribution < -0.4 is 5.64 Å². The fourth-order valence-corrected chi connectivity index (χ4v) is 1.77. The maximum Gasteiger partial charge on any atom is 0.0990 e. The Hall–Kier alpha value is -0.160. The molecule has 0 unspecified atom stereocenters. The average molecular weight is 217 g/mol. The van der Waals surface area contributed by atoms with Crippen molar-refractivity contribution >= 4 is 0 Å². The molecule has 1 aliphatic rings.